The minimum Gasteiger partial charge on any atom is -0.480 e. The summed E-state index contributed by atoms with van der Waals surface area (Å²) in [6, 6.07) is 13.7. The van der Waals surface area contributed by atoms with E-state index in [0.717, 1.165) is 6.08 Å². The average Bonchev–Trinajstić information content (AvgIpc) is 3.68. The number of hydrogen-bond donors (Lipinski definition) is 4. The average molecular weight is 678 g/mol. The molecule has 0 amide bonds. The van der Waals surface area contributed by atoms with Crippen molar-refractivity contribution in [3.63, 3.8) is 0 Å². The summed E-state index contributed by atoms with van der Waals surface area (Å²) in [6.07, 6.45) is -1.55. The summed E-state index contributed by atoms with van der Waals surface area (Å²) in [4.78, 5) is 32.5. The van der Waals surface area contributed by atoms with E-state index >= 15 is 0 Å². The maximum Gasteiger partial charge on any atom is 0.429 e. The Morgan fingerprint density at radius 2 is 1.78 bits per heavy atom. The molecule has 4 aromatic rings. The van der Waals surface area contributed by atoms with Gasteiger partial charge in [0.05, 0.1) is 11.4 Å². The third kappa shape index (κ3) is 7.51. The molecule has 0 radical (unpaired) electrons. The molecule has 256 valence electrons. The lowest BCUT2D eigenvalue weighted by Crippen LogP contribution is -2.41. The number of carboxylic acids is 2. The molecule has 0 bridgehead atoms. The van der Waals surface area contributed by atoms with E-state index in [4.69, 9.17) is 15.6 Å². The van der Waals surface area contributed by atoms with Crippen molar-refractivity contribution >= 4 is 29.8 Å². The highest BCUT2D eigenvalue weighted by Gasteiger charge is 2.46. The molecule has 5 N–H and O–H groups in total. The topological polar surface area (TPSA) is 169 Å². The highest BCUT2D eigenvalue weighted by atomic mass is 19.4. The van der Waals surface area contributed by atoms with Gasteiger partial charge < -0.3 is 30.9 Å². The molecule has 2 aliphatic rings. The van der Waals surface area contributed by atoms with Crippen LogP contribution in [0.5, 0.6) is 5.88 Å². The van der Waals surface area contributed by atoms with Gasteiger partial charge in [0.2, 0.25) is 17.9 Å². The van der Waals surface area contributed by atoms with Gasteiger partial charge in [-0.3, -0.25) is 4.79 Å². The summed E-state index contributed by atoms with van der Waals surface area (Å²) < 4.78 is 52.0. The maximum absolute atomic E-state index is 15.0. The number of nitrogens with zero attached hydrogens (tertiary/aromatic N) is 5. The number of ether oxygens (including phenoxy) is 1. The zero-order chi connectivity index (χ0) is 34.9. The summed E-state index contributed by atoms with van der Waals surface area (Å²) in [6.45, 7) is 3.31. The van der Waals surface area contributed by atoms with Gasteiger partial charge >= 0.3 is 18.1 Å². The Bertz CT molecular complexity index is 1890. The van der Waals surface area contributed by atoms with Crippen LogP contribution in [0.15, 0.2) is 66.9 Å². The largest absolute Gasteiger partial charge is 0.480 e. The molecule has 0 saturated carbocycles. The second-order valence-corrected chi connectivity index (χ2v) is 12.4. The zero-order valence-corrected chi connectivity index (χ0v) is 26.4. The van der Waals surface area contributed by atoms with Crippen LogP contribution < -0.4 is 20.7 Å². The number of alkyl halides is 3. The predicted molar refractivity (Wildman–Crippen MR) is 174 cm³/mol. The molecule has 49 heavy (non-hydrogen) atoms. The molecule has 15 heteroatoms. The number of rotatable bonds is 9. The number of aliphatic carboxylic acids is 2. The first-order chi connectivity index (χ1) is 23.3. The van der Waals surface area contributed by atoms with Crippen molar-refractivity contribution in [1.29, 1.82) is 0 Å². The number of aryl methyl sites for hydroxylation is 1. The first-order valence-corrected chi connectivity index (χ1v) is 15.6. The minimum absolute atomic E-state index is 0.147. The normalized spacial score (nSPS) is 18.2. The van der Waals surface area contributed by atoms with Crippen LogP contribution in [0.2, 0.25) is 0 Å². The fraction of sp³-hybridized carbons (Fsp3) is 0.324. The lowest BCUT2D eigenvalue weighted by Gasteiger charge is -2.39. The van der Waals surface area contributed by atoms with Gasteiger partial charge in [0, 0.05) is 43.5 Å². The molecule has 2 atom stereocenters. The van der Waals surface area contributed by atoms with E-state index in [9.17, 15) is 27.9 Å². The van der Waals surface area contributed by atoms with Crippen molar-refractivity contribution in [2.45, 2.75) is 44.5 Å². The van der Waals surface area contributed by atoms with E-state index in [1.165, 1.54) is 29.0 Å². The number of carbonyl (C=O) groups is 2. The Morgan fingerprint density at radius 3 is 2.39 bits per heavy atom. The number of aromatic nitrogens is 4. The molecule has 6 rings (SSSR count). The summed E-state index contributed by atoms with van der Waals surface area (Å²) >= 11 is 0. The number of nitrogens with two attached hydrogens (primary N) is 1. The van der Waals surface area contributed by atoms with Crippen LogP contribution in [0.1, 0.15) is 42.2 Å². The number of anilines is 2. The van der Waals surface area contributed by atoms with E-state index < -0.39 is 30.3 Å². The molecule has 0 aliphatic carbocycles. The molecule has 12 nitrogen and oxygen atoms in total. The summed E-state index contributed by atoms with van der Waals surface area (Å²) in [5.74, 6) is -2.29. The fourth-order valence-electron chi connectivity index (χ4n) is 6.42. The van der Waals surface area contributed by atoms with Crippen LogP contribution in [0.4, 0.5) is 24.9 Å². The van der Waals surface area contributed by atoms with Crippen LogP contribution in [-0.2, 0) is 9.59 Å². The quantitative estimate of drug-likeness (QED) is 0.175. The lowest BCUT2D eigenvalue weighted by atomic mass is 9.76. The highest BCUT2D eigenvalue weighted by molar-refractivity contribution is 5.85. The second kappa shape index (κ2) is 13.2. The Labute approximate surface area is 279 Å². The Balaban J connectivity index is 1.31. The van der Waals surface area contributed by atoms with Gasteiger partial charge in [-0.2, -0.15) is 28.2 Å². The van der Waals surface area contributed by atoms with Crippen LogP contribution >= 0.6 is 0 Å². The smallest absolute Gasteiger partial charge is 0.429 e. The van der Waals surface area contributed by atoms with Gasteiger partial charge in [-0.15, -0.1) is 0 Å². The molecule has 2 fully saturated rings. The number of benzene rings is 2. The van der Waals surface area contributed by atoms with Crippen LogP contribution in [0, 0.1) is 12.3 Å². The minimum atomic E-state index is -4.89. The first-order valence-electron chi connectivity index (χ1n) is 15.6. The number of carboxylic acid groups (broad SMARTS) is 2. The lowest BCUT2D eigenvalue weighted by molar-refractivity contribution is -0.198. The number of halogens is 3. The fourth-order valence-corrected chi connectivity index (χ4v) is 6.42. The Kier molecular flexibility index (Phi) is 9.03. The highest BCUT2D eigenvalue weighted by Crippen LogP contribution is 2.43. The van der Waals surface area contributed by atoms with Gasteiger partial charge in [0.25, 0.3) is 0 Å². The molecule has 2 saturated heterocycles. The molecule has 4 heterocycles. The maximum atomic E-state index is 15.0. The van der Waals surface area contributed by atoms with E-state index in [-0.39, 0.29) is 28.5 Å². The number of nitrogens with one attached hydrogen (secondary N) is 1. The van der Waals surface area contributed by atoms with Gasteiger partial charge in [-0.25, -0.2) is 9.48 Å². The predicted octanol–water partition coefficient (Wildman–Crippen LogP) is 5.03. The van der Waals surface area contributed by atoms with Crippen LogP contribution in [0.25, 0.3) is 22.9 Å². The number of nitrogen functional groups attached to an aromatic ring is 1. The van der Waals surface area contributed by atoms with Crippen molar-refractivity contribution in [2.24, 2.45) is 5.41 Å². The Hall–Kier alpha value is -5.44. The summed E-state index contributed by atoms with van der Waals surface area (Å²) in [5, 5.41) is 25.7. The SMILES string of the molecule is Cc1ccn(-c2ccc(-c3ccc(/C=C/C(=O)O)cc3)cc2[C@@H](Oc2cc(N3CCC4(CC3)CN[C@H](C(=O)O)C4)nc(N)n2)C(F)(F)F)n1. The zero-order valence-electron chi connectivity index (χ0n) is 26.4. The van der Waals surface area contributed by atoms with Crippen molar-refractivity contribution in [2.75, 3.05) is 30.3 Å². The molecule has 2 aromatic heterocycles. The number of hydrogen-bond acceptors (Lipinski definition) is 9. The van der Waals surface area contributed by atoms with Gasteiger partial charge in [-0.05, 0) is 72.6 Å². The first kappa shape index (κ1) is 33.5. The van der Waals surface area contributed by atoms with Crippen LogP contribution in [-0.4, -0.2) is 73.8 Å². The van der Waals surface area contributed by atoms with Gasteiger partial charge in [0.1, 0.15) is 11.9 Å². The molecular weight excluding hydrogens is 643 g/mol. The van der Waals surface area contributed by atoms with Crippen molar-refractivity contribution in [3.05, 3.63) is 83.7 Å². The van der Waals surface area contributed by atoms with Crippen molar-refractivity contribution in [3.8, 4) is 22.7 Å². The van der Waals surface area contributed by atoms with E-state index in [1.54, 1.807) is 49.5 Å². The standard InChI is InChI=1S/C34H34F3N7O5/c1-20-10-13-44(42-20)26-8-7-23(22-5-2-21(3-6-22)4-9-29(45)46)16-24(26)30(34(35,36)37)49-28-17-27(40-32(38)41-28)43-14-11-33(12-15-43)18-25(31(47)48)39-19-33/h2-10,13,16-17,25,30,39H,11-12,14-15,18-19H2,1H3,(H,45,46)(H,47,48)(H2,38,40,41)/b9-4+/t25-,30+/m0/s1. The van der Waals surface area contributed by atoms with E-state index in [1.807, 2.05) is 4.90 Å². The van der Waals surface area contributed by atoms with Crippen molar-refractivity contribution < 1.29 is 37.7 Å². The van der Waals surface area contributed by atoms with Crippen molar-refractivity contribution in [1.82, 2.24) is 25.1 Å². The molecule has 2 aromatic carbocycles. The monoisotopic (exact) mass is 677 g/mol. The molecular formula is C34H34F3N7O5. The van der Waals surface area contributed by atoms with E-state index in [0.29, 0.717) is 67.1 Å². The third-order valence-electron chi connectivity index (χ3n) is 8.99. The summed E-state index contributed by atoms with van der Waals surface area (Å²) in [5.41, 5.74) is 8.02. The molecule has 2 aliphatic heterocycles. The Morgan fingerprint density at radius 1 is 1.06 bits per heavy atom. The molecule has 0 unspecified atom stereocenters. The summed E-state index contributed by atoms with van der Waals surface area (Å²) in [7, 11) is 0. The second-order valence-electron chi connectivity index (χ2n) is 12.4. The third-order valence-corrected chi connectivity index (χ3v) is 8.99. The molecule has 1 spiro atoms. The van der Waals surface area contributed by atoms with Crippen LogP contribution in [0.3, 0.4) is 0 Å². The van der Waals surface area contributed by atoms with Gasteiger partial charge in [0.15, 0.2) is 0 Å². The van der Waals surface area contributed by atoms with Gasteiger partial charge in [-0.1, -0.05) is 30.3 Å². The van der Waals surface area contributed by atoms with E-state index in [2.05, 4.69) is 20.4 Å². The number of piperidine rings is 1.